The van der Waals surface area contributed by atoms with Gasteiger partial charge >= 0.3 is 0 Å². The number of hydrogen-bond acceptors (Lipinski definition) is 2. The first-order valence-electron chi connectivity index (χ1n) is 7.30. The van der Waals surface area contributed by atoms with Gasteiger partial charge in [-0.15, -0.1) is 0 Å². The van der Waals surface area contributed by atoms with Crippen molar-refractivity contribution in [2.24, 2.45) is 0 Å². The summed E-state index contributed by atoms with van der Waals surface area (Å²) in [5.74, 6) is 1.53. The SMILES string of the molecule is CC(CCNCCOc1ccccc1)c1ccccc1. The van der Waals surface area contributed by atoms with E-state index in [1.807, 2.05) is 30.3 Å². The van der Waals surface area contributed by atoms with Crippen molar-refractivity contribution in [3.63, 3.8) is 0 Å². The highest BCUT2D eigenvalue weighted by Crippen LogP contribution is 2.17. The molecule has 0 saturated heterocycles. The standard InChI is InChI=1S/C18H23NO/c1-16(17-8-4-2-5-9-17)12-13-19-14-15-20-18-10-6-3-7-11-18/h2-11,16,19H,12-15H2,1H3. The number of ether oxygens (including phenoxy) is 1. The predicted octanol–water partition coefficient (Wildman–Crippen LogP) is 3.85. The molecule has 0 aliphatic carbocycles. The molecule has 2 aromatic carbocycles. The van der Waals surface area contributed by atoms with E-state index < -0.39 is 0 Å². The molecule has 0 aliphatic heterocycles. The van der Waals surface area contributed by atoms with E-state index in [2.05, 4.69) is 42.6 Å². The molecule has 0 spiro atoms. The molecule has 2 rings (SSSR count). The minimum Gasteiger partial charge on any atom is -0.492 e. The summed E-state index contributed by atoms with van der Waals surface area (Å²) in [5.41, 5.74) is 1.41. The van der Waals surface area contributed by atoms with Crippen LogP contribution in [0.1, 0.15) is 24.8 Å². The predicted molar refractivity (Wildman–Crippen MR) is 84.3 cm³/mol. The van der Waals surface area contributed by atoms with Gasteiger partial charge in [0.15, 0.2) is 0 Å². The Morgan fingerprint density at radius 2 is 1.55 bits per heavy atom. The van der Waals surface area contributed by atoms with Gasteiger partial charge in [0.2, 0.25) is 0 Å². The van der Waals surface area contributed by atoms with Crippen molar-refractivity contribution in [1.29, 1.82) is 0 Å². The molecule has 2 heteroatoms. The number of hydrogen-bond donors (Lipinski definition) is 1. The molecular formula is C18H23NO. The molecular weight excluding hydrogens is 246 g/mol. The Labute approximate surface area is 121 Å². The van der Waals surface area contributed by atoms with E-state index in [9.17, 15) is 0 Å². The van der Waals surface area contributed by atoms with Crippen molar-refractivity contribution in [2.75, 3.05) is 19.7 Å². The molecule has 1 N–H and O–H groups in total. The average molecular weight is 269 g/mol. The molecule has 1 unspecified atom stereocenters. The lowest BCUT2D eigenvalue weighted by atomic mass is 9.98. The molecule has 0 aliphatic rings. The van der Waals surface area contributed by atoms with Crippen LogP contribution in [0.4, 0.5) is 0 Å². The average Bonchev–Trinajstić information content (AvgIpc) is 2.52. The lowest BCUT2D eigenvalue weighted by Crippen LogP contribution is -2.23. The van der Waals surface area contributed by atoms with E-state index in [-0.39, 0.29) is 0 Å². The Morgan fingerprint density at radius 1 is 0.900 bits per heavy atom. The third kappa shape index (κ3) is 5.06. The Hall–Kier alpha value is -1.80. The minimum atomic E-state index is 0.596. The second kappa shape index (κ2) is 8.39. The highest BCUT2D eigenvalue weighted by molar-refractivity contribution is 5.21. The Kier molecular flexibility index (Phi) is 6.12. The first kappa shape index (κ1) is 14.6. The van der Waals surface area contributed by atoms with Crippen molar-refractivity contribution in [3.8, 4) is 5.75 Å². The summed E-state index contributed by atoms with van der Waals surface area (Å²) in [7, 11) is 0. The molecule has 0 heterocycles. The number of nitrogens with one attached hydrogen (secondary N) is 1. The zero-order valence-corrected chi connectivity index (χ0v) is 12.1. The first-order valence-corrected chi connectivity index (χ1v) is 7.30. The van der Waals surface area contributed by atoms with Crippen LogP contribution in [0.5, 0.6) is 5.75 Å². The van der Waals surface area contributed by atoms with E-state index >= 15 is 0 Å². The van der Waals surface area contributed by atoms with Crippen molar-refractivity contribution in [1.82, 2.24) is 5.32 Å². The van der Waals surface area contributed by atoms with Crippen LogP contribution in [-0.4, -0.2) is 19.7 Å². The first-order chi connectivity index (χ1) is 9.86. The fraction of sp³-hybridized carbons (Fsp3) is 0.333. The van der Waals surface area contributed by atoms with Crippen molar-refractivity contribution >= 4 is 0 Å². The van der Waals surface area contributed by atoms with E-state index in [1.54, 1.807) is 0 Å². The Balaban J connectivity index is 1.56. The molecule has 0 amide bonds. The Bertz CT molecular complexity index is 469. The summed E-state index contributed by atoms with van der Waals surface area (Å²) in [6, 6.07) is 20.6. The summed E-state index contributed by atoms with van der Waals surface area (Å²) < 4.78 is 5.64. The maximum Gasteiger partial charge on any atom is 0.119 e. The molecule has 20 heavy (non-hydrogen) atoms. The third-order valence-corrected chi connectivity index (χ3v) is 3.41. The largest absolute Gasteiger partial charge is 0.492 e. The molecule has 1 atom stereocenters. The quantitative estimate of drug-likeness (QED) is 0.735. The van der Waals surface area contributed by atoms with Crippen molar-refractivity contribution in [3.05, 3.63) is 66.2 Å². The molecule has 0 radical (unpaired) electrons. The fourth-order valence-electron chi connectivity index (χ4n) is 2.15. The zero-order chi connectivity index (χ0) is 14.0. The van der Waals surface area contributed by atoms with Gasteiger partial charge in [-0.3, -0.25) is 0 Å². The maximum absolute atomic E-state index is 5.64. The van der Waals surface area contributed by atoms with E-state index in [4.69, 9.17) is 4.74 Å². The van der Waals surface area contributed by atoms with Gasteiger partial charge in [-0.05, 0) is 36.6 Å². The van der Waals surface area contributed by atoms with Gasteiger partial charge in [0.05, 0.1) is 0 Å². The topological polar surface area (TPSA) is 21.3 Å². The highest BCUT2D eigenvalue weighted by Gasteiger charge is 2.03. The summed E-state index contributed by atoms with van der Waals surface area (Å²) >= 11 is 0. The second-order valence-corrected chi connectivity index (χ2v) is 5.01. The smallest absolute Gasteiger partial charge is 0.119 e. The summed E-state index contributed by atoms with van der Waals surface area (Å²) in [6.45, 7) is 4.89. The fourth-order valence-corrected chi connectivity index (χ4v) is 2.15. The van der Waals surface area contributed by atoms with Gasteiger partial charge in [0.25, 0.3) is 0 Å². The van der Waals surface area contributed by atoms with Gasteiger partial charge in [-0.1, -0.05) is 55.5 Å². The van der Waals surface area contributed by atoms with Crippen LogP contribution in [0.3, 0.4) is 0 Å². The van der Waals surface area contributed by atoms with Gasteiger partial charge in [-0.25, -0.2) is 0 Å². The van der Waals surface area contributed by atoms with Crippen LogP contribution in [-0.2, 0) is 0 Å². The van der Waals surface area contributed by atoms with Crippen LogP contribution in [0.2, 0.25) is 0 Å². The van der Waals surface area contributed by atoms with E-state index in [0.717, 1.165) is 25.3 Å². The van der Waals surface area contributed by atoms with Crippen LogP contribution >= 0.6 is 0 Å². The molecule has 106 valence electrons. The normalized spacial score (nSPS) is 12.1. The van der Waals surface area contributed by atoms with Crippen LogP contribution in [0.25, 0.3) is 0 Å². The highest BCUT2D eigenvalue weighted by atomic mass is 16.5. The van der Waals surface area contributed by atoms with Gasteiger partial charge in [0, 0.05) is 6.54 Å². The molecule has 0 saturated carbocycles. The molecule has 2 nitrogen and oxygen atoms in total. The zero-order valence-electron chi connectivity index (χ0n) is 12.1. The lowest BCUT2D eigenvalue weighted by Gasteiger charge is -2.12. The van der Waals surface area contributed by atoms with E-state index in [0.29, 0.717) is 12.5 Å². The third-order valence-electron chi connectivity index (χ3n) is 3.41. The van der Waals surface area contributed by atoms with Crippen LogP contribution in [0, 0.1) is 0 Å². The van der Waals surface area contributed by atoms with Crippen molar-refractivity contribution < 1.29 is 4.74 Å². The summed E-state index contributed by atoms with van der Waals surface area (Å²) in [5, 5.41) is 3.43. The summed E-state index contributed by atoms with van der Waals surface area (Å²) in [4.78, 5) is 0. The number of benzene rings is 2. The Morgan fingerprint density at radius 3 is 2.25 bits per heavy atom. The van der Waals surface area contributed by atoms with Crippen LogP contribution in [0.15, 0.2) is 60.7 Å². The lowest BCUT2D eigenvalue weighted by molar-refractivity contribution is 0.313. The molecule has 0 aromatic heterocycles. The monoisotopic (exact) mass is 269 g/mol. The molecule has 2 aromatic rings. The van der Waals surface area contributed by atoms with Crippen molar-refractivity contribution in [2.45, 2.75) is 19.3 Å². The van der Waals surface area contributed by atoms with Gasteiger partial charge < -0.3 is 10.1 Å². The number of para-hydroxylation sites is 1. The molecule has 0 fully saturated rings. The second-order valence-electron chi connectivity index (χ2n) is 5.01. The minimum absolute atomic E-state index is 0.596. The summed E-state index contributed by atoms with van der Waals surface area (Å²) in [6.07, 6.45) is 1.15. The van der Waals surface area contributed by atoms with Crippen LogP contribution < -0.4 is 10.1 Å². The van der Waals surface area contributed by atoms with Gasteiger partial charge in [0.1, 0.15) is 12.4 Å². The maximum atomic E-state index is 5.64. The molecule has 0 bridgehead atoms. The van der Waals surface area contributed by atoms with E-state index in [1.165, 1.54) is 5.56 Å². The van der Waals surface area contributed by atoms with Gasteiger partial charge in [-0.2, -0.15) is 0 Å². The number of rotatable bonds is 8.